The monoisotopic (exact) mass is 267 g/mol. The van der Waals surface area contributed by atoms with Crippen LogP contribution in [0.25, 0.3) is 0 Å². The van der Waals surface area contributed by atoms with Crippen LogP contribution in [0.15, 0.2) is 42.6 Å². The van der Waals surface area contributed by atoms with E-state index < -0.39 is 0 Å². The predicted molar refractivity (Wildman–Crippen MR) is 77.6 cm³/mol. The molecule has 2 aromatic rings. The van der Waals surface area contributed by atoms with Gasteiger partial charge in [-0.15, -0.1) is 0 Å². The molecule has 0 saturated carbocycles. The summed E-state index contributed by atoms with van der Waals surface area (Å²) in [5.74, 6) is 1.26. The molecule has 102 valence electrons. The third-order valence-corrected chi connectivity index (χ3v) is 2.98. The second-order valence-electron chi connectivity index (χ2n) is 4.42. The van der Waals surface area contributed by atoms with Gasteiger partial charge < -0.3 is 10.1 Å². The van der Waals surface area contributed by atoms with Crippen LogP contribution in [0.5, 0.6) is 11.6 Å². The Morgan fingerprint density at radius 3 is 2.70 bits per heavy atom. The third-order valence-electron chi connectivity index (χ3n) is 2.98. The van der Waals surface area contributed by atoms with Gasteiger partial charge in [-0.3, -0.25) is 0 Å². The van der Waals surface area contributed by atoms with Crippen molar-refractivity contribution in [1.82, 2.24) is 10.3 Å². The van der Waals surface area contributed by atoms with E-state index in [1.54, 1.807) is 30.5 Å². The van der Waals surface area contributed by atoms with Crippen molar-refractivity contribution in [2.24, 2.45) is 0 Å². The zero-order chi connectivity index (χ0) is 14.4. The van der Waals surface area contributed by atoms with Crippen molar-refractivity contribution in [3.05, 3.63) is 53.7 Å². The van der Waals surface area contributed by atoms with Crippen molar-refractivity contribution < 1.29 is 4.74 Å². The van der Waals surface area contributed by atoms with Crippen molar-refractivity contribution in [2.75, 3.05) is 6.54 Å². The minimum absolute atomic E-state index is 0.169. The average Bonchev–Trinajstić information content (AvgIpc) is 2.49. The first-order valence-electron chi connectivity index (χ1n) is 6.61. The summed E-state index contributed by atoms with van der Waals surface area (Å²) in [5.41, 5.74) is 1.62. The summed E-state index contributed by atoms with van der Waals surface area (Å²) >= 11 is 0. The van der Waals surface area contributed by atoms with Gasteiger partial charge in [-0.05, 0) is 43.8 Å². The lowest BCUT2D eigenvalue weighted by Gasteiger charge is -2.16. The molecule has 0 bridgehead atoms. The first-order chi connectivity index (χ1) is 9.74. The molecule has 1 heterocycles. The zero-order valence-corrected chi connectivity index (χ0v) is 11.6. The molecule has 0 aliphatic carbocycles. The van der Waals surface area contributed by atoms with Gasteiger partial charge >= 0.3 is 0 Å². The molecular formula is C16H17N3O. The average molecular weight is 267 g/mol. The van der Waals surface area contributed by atoms with Gasteiger partial charge in [-0.25, -0.2) is 4.98 Å². The first kappa shape index (κ1) is 14.0. The van der Waals surface area contributed by atoms with Crippen LogP contribution in [-0.2, 0) is 0 Å². The van der Waals surface area contributed by atoms with Gasteiger partial charge in [-0.1, -0.05) is 13.0 Å². The molecule has 1 aromatic carbocycles. The lowest BCUT2D eigenvalue weighted by Crippen LogP contribution is -2.18. The SMILES string of the molecule is CCNC(C)c1cccnc1Oc1ccc(C#N)cc1. The van der Waals surface area contributed by atoms with Gasteiger partial charge in [0, 0.05) is 17.8 Å². The van der Waals surface area contributed by atoms with E-state index in [-0.39, 0.29) is 6.04 Å². The highest BCUT2D eigenvalue weighted by Gasteiger charge is 2.12. The maximum Gasteiger partial charge on any atom is 0.223 e. The molecule has 0 fully saturated rings. The quantitative estimate of drug-likeness (QED) is 0.901. The summed E-state index contributed by atoms with van der Waals surface area (Å²) in [6.07, 6.45) is 1.71. The van der Waals surface area contributed by atoms with Gasteiger partial charge in [0.25, 0.3) is 0 Å². The number of hydrogen-bond acceptors (Lipinski definition) is 4. The van der Waals surface area contributed by atoms with Crippen LogP contribution >= 0.6 is 0 Å². The highest BCUT2D eigenvalue weighted by atomic mass is 16.5. The Labute approximate surface area is 119 Å². The van der Waals surface area contributed by atoms with E-state index in [1.807, 2.05) is 12.1 Å². The van der Waals surface area contributed by atoms with E-state index in [0.717, 1.165) is 12.1 Å². The number of hydrogen-bond donors (Lipinski definition) is 1. The predicted octanol–water partition coefficient (Wildman–Crippen LogP) is 3.42. The number of aromatic nitrogens is 1. The second-order valence-corrected chi connectivity index (χ2v) is 4.42. The van der Waals surface area contributed by atoms with Crippen molar-refractivity contribution in [2.45, 2.75) is 19.9 Å². The molecule has 1 N–H and O–H groups in total. The van der Waals surface area contributed by atoms with E-state index >= 15 is 0 Å². The highest BCUT2D eigenvalue weighted by molar-refractivity contribution is 5.38. The molecular weight excluding hydrogens is 250 g/mol. The number of rotatable bonds is 5. The fraction of sp³-hybridized carbons (Fsp3) is 0.250. The van der Waals surface area contributed by atoms with Gasteiger partial charge in [0.15, 0.2) is 0 Å². The number of nitrogens with one attached hydrogen (secondary N) is 1. The number of nitrogens with zero attached hydrogens (tertiary/aromatic N) is 2. The summed E-state index contributed by atoms with van der Waals surface area (Å²) < 4.78 is 5.82. The fourth-order valence-corrected chi connectivity index (χ4v) is 1.94. The van der Waals surface area contributed by atoms with Gasteiger partial charge in [0.2, 0.25) is 5.88 Å². The van der Waals surface area contributed by atoms with Crippen LogP contribution in [0.3, 0.4) is 0 Å². The van der Waals surface area contributed by atoms with Crippen molar-refractivity contribution in [1.29, 1.82) is 5.26 Å². The lowest BCUT2D eigenvalue weighted by atomic mass is 10.1. The summed E-state index contributed by atoms with van der Waals surface area (Å²) in [7, 11) is 0. The molecule has 0 saturated heterocycles. The third kappa shape index (κ3) is 3.34. The van der Waals surface area contributed by atoms with Crippen LogP contribution in [0.2, 0.25) is 0 Å². The van der Waals surface area contributed by atoms with Gasteiger partial charge in [0.1, 0.15) is 5.75 Å². The summed E-state index contributed by atoms with van der Waals surface area (Å²) in [5, 5.41) is 12.1. The fourth-order valence-electron chi connectivity index (χ4n) is 1.94. The Bertz CT molecular complexity index is 602. The molecule has 4 heteroatoms. The maximum absolute atomic E-state index is 8.78. The standard InChI is InChI=1S/C16H17N3O/c1-3-18-12(2)15-5-4-10-19-16(15)20-14-8-6-13(11-17)7-9-14/h4-10,12,18H,3H2,1-2H3. The van der Waals surface area contributed by atoms with Crippen LogP contribution in [0.4, 0.5) is 0 Å². The number of benzene rings is 1. The molecule has 20 heavy (non-hydrogen) atoms. The van der Waals surface area contributed by atoms with E-state index in [4.69, 9.17) is 10.00 Å². The highest BCUT2D eigenvalue weighted by Crippen LogP contribution is 2.27. The number of nitriles is 1. The van der Waals surface area contributed by atoms with Gasteiger partial charge in [0.05, 0.1) is 11.6 Å². The van der Waals surface area contributed by atoms with Crippen LogP contribution < -0.4 is 10.1 Å². The van der Waals surface area contributed by atoms with Crippen LogP contribution in [0, 0.1) is 11.3 Å². The molecule has 0 radical (unpaired) electrons. The van der Waals surface area contributed by atoms with Crippen molar-refractivity contribution >= 4 is 0 Å². The van der Waals surface area contributed by atoms with E-state index in [2.05, 4.69) is 30.2 Å². The minimum Gasteiger partial charge on any atom is -0.439 e. The Morgan fingerprint density at radius 1 is 1.30 bits per heavy atom. The lowest BCUT2D eigenvalue weighted by molar-refractivity contribution is 0.444. The molecule has 2 rings (SSSR count). The Kier molecular flexibility index (Phi) is 4.70. The van der Waals surface area contributed by atoms with E-state index in [1.165, 1.54) is 0 Å². The Morgan fingerprint density at radius 2 is 2.05 bits per heavy atom. The van der Waals surface area contributed by atoms with Crippen molar-refractivity contribution in [3.8, 4) is 17.7 Å². The minimum atomic E-state index is 0.169. The van der Waals surface area contributed by atoms with Crippen molar-refractivity contribution in [3.63, 3.8) is 0 Å². The van der Waals surface area contributed by atoms with Crippen LogP contribution in [-0.4, -0.2) is 11.5 Å². The number of pyridine rings is 1. The molecule has 1 atom stereocenters. The summed E-state index contributed by atoms with van der Waals surface area (Å²) in [6.45, 7) is 5.02. The normalized spacial score (nSPS) is 11.7. The Hall–Kier alpha value is -2.38. The Balaban J connectivity index is 2.22. The smallest absolute Gasteiger partial charge is 0.223 e. The second kappa shape index (κ2) is 6.69. The molecule has 0 aliphatic rings. The van der Waals surface area contributed by atoms with E-state index in [9.17, 15) is 0 Å². The molecule has 1 unspecified atom stereocenters. The maximum atomic E-state index is 8.78. The van der Waals surface area contributed by atoms with Crippen LogP contribution in [0.1, 0.15) is 31.0 Å². The molecule has 0 amide bonds. The van der Waals surface area contributed by atoms with E-state index in [0.29, 0.717) is 17.2 Å². The largest absolute Gasteiger partial charge is 0.439 e. The zero-order valence-electron chi connectivity index (χ0n) is 11.6. The molecule has 0 spiro atoms. The topological polar surface area (TPSA) is 57.9 Å². The number of ether oxygens (including phenoxy) is 1. The first-order valence-corrected chi connectivity index (χ1v) is 6.61. The molecule has 4 nitrogen and oxygen atoms in total. The molecule has 1 aromatic heterocycles. The summed E-state index contributed by atoms with van der Waals surface area (Å²) in [4.78, 5) is 4.29. The van der Waals surface area contributed by atoms with Gasteiger partial charge in [-0.2, -0.15) is 5.26 Å². The molecule has 0 aliphatic heterocycles. The summed E-state index contributed by atoms with van der Waals surface area (Å²) in [6, 6.07) is 13.1.